The minimum absolute atomic E-state index is 0.434. The molecule has 2 nitrogen and oxygen atoms in total. The zero-order valence-electron chi connectivity index (χ0n) is 41.8. The first-order valence-corrected chi connectivity index (χ1v) is 28.4. The van der Waals surface area contributed by atoms with E-state index in [-0.39, 0.29) is 0 Å². The Morgan fingerprint density at radius 2 is 0.750 bits per heavy atom. The first kappa shape index (κ1) is 44.0. The number of rotatable bonds is 9. The predicted octanol–water partition coefficient (Wildman–Crippen LogP) is 15.3. The van der Waals surface area contributed by atoms with Crippen molar-refractivity contribution in [2.24, 2.45) is 0 Å². The molecule has 0 N–H and O–H groups in total. The Labute approximate surface area is 443 Å². The van der Waals surface area contributed by atoms with Gasteiger partial charge in [-0.05, 0) is 120 Å². The topological polar surface area (TPSA) is 9.86 Å². The average molecular weight is 983 g/mol. The molecule has 76 heavy (non-hydrogen) atoms. The molecule has 0 saturated carbocycles. The normalized spacial score (nSPS) is 12.8. The first-order chi connectivity index (χ1) is 37.7. The summed E-state index contributed by atoms with van der Waals surface area (Å²) in [7, 11) is -2.80. The molecule has 3 heteroatoms. The Kier molecular flexibility index (Phi) is 10.2. The molecule has 0 spiro atoms. The molecule has 1 aliphatic rings. The van der Waals surface area contributed by atoms with Crippen LogP contribution in [0.4, 0.5) is 0 Å². The van der Waals surface area contributed by atoms with Crippen LogP contribution in [0, 0.1) is 0 Å². The number of benzene rings is 12. The van der Waals surface area contributed by atoms with Crippen LogP contribution in [0.1, 0.15) is 22.3 Å². The number of fused-ring (bicyclic) bond motifs is 9. The van der Waals surface area contributed by atoms with E-state index in [1.54, 1.807) is 0 Å². The predicted molar refractivity (Wildman–Crippen MR) is 321 cm³/mol. The summed E-state index contributed by atoms with van der Waals surface area (Å²) in [6, 6.07) is 113. The van der Waals surface area contributed by atoms with E-state index in [1.165, 1.54) is 109 Å². The smallest absolute Gasteiger partial charge is 0.179 e. The molecule has 14 aromatic rings. The highest BCUT2D eigenvalue weighted by molar-refractivity contribution is 7.19. The largest absolute Gasteiger partial charge is 0.309 e. The van der Waals surface area contributed by atoms with Crippen molar-refractivity contribution in [2.45, 2.75) is 5.41 Å². The van der Waals surface area contributed by atoms with Gasteiger partial charge in [0.05, 0.1) is 33.2 Å². The zero-order valence-corrected chi connectivity index (χ0v) is 42.8. The Balaban J connectivity index is 0.909. The summed E-state index contributed by atoms with van der Waals surface area (Å²) in [5.41, 5.74) is 16.8. The maximum Gasteiger partial charge on any atom is 0.179 e. The second-order valence-corrected chi connectivity index (χ2v) is 24.1. The van der Waals surface area contributed by atoms with Crippen LogP contribution in [0.5, 0.6) is 0 Å². The molecule has 0 amide bonds. The van der Waals surface area contributed by atoms with Gasteiger partial charge in [0, 0.05) is 27.2 Å². The lowest BCUT2D eigenvalue weighted by molar-refractivity contribution is 0.768. The minimum atomic E-state index is -2.80. The van der Waals surface area contributed by atoms with Gasteiger partial charge in [-0.2, -0.15) is 0 Å². The SMILES string of the molecule is c1ccc(C2(c3ccccc3)c3ccccc3-c3cc(-c4ccc5c(c4)c4ccccc4n5-c4cccc5c4c4ccccc4n5-c4cccc([Si](c5ccccc5)(c5ccccc5)c5ccccc5)c4)ccc32)cc1. The molecule has 1 aliphatic carbocycles. The van der Waals surface area contributed by atoms with Crippen molar-refractivity contribution in [1.29, 1.82) is 0 Å². The van der Waals surface area contributed by atoms with Crippen LogP contribution >= 0.6 is 0 Å². The Morgan fingerprint density at radius 1 is 0.276 bits per heavy atom. The maximum absolute atomic E-state index is 2.80. The van der Waals surface area contributed by atoms with Gasteiger partial charge >= 0.3 is 0 Å². The molecule has 0 fully saturated rings. The lowest BCUT2D eigenvalue weighted by Gasteiger charge is -2.34. The summed E-state index contributed by atoms with van der Waals surface area (Å²) < 4.78 is 5.01. The maximum atomic E-state index is 2.51. The van der Waals surface area contributed by atoms with Crippen LogP contribution in [-0.4, -0.2) is 17.2 Å². The van der Waals surface area contributed by atoms with Crippen molar-refractivity contribution in [3.8, 4) is 33.6 Å². The molecule has 0 radical (unpaired) electrons. The highest BCUT2D eigenvalue weighted by atomic mass is 28.3. The molecular formula is C73H50N2Si. The number of para-hydroxylation sites is 2. The molecule has 2 heterocycles. The molecule has 0 bridgehead atoms. The van der Waals surface area contributed by atoms with Crippen molar-refractivity contribution in [3.63, 3.8) is 0 Å². The van der Waals surface area contributed by atoms with Gasteiger partial charge in [-0.3, -0.25) is 0 Å². The van der Waals surface area contributed by atoms with Crippen LogP contribution in [0.2, 0.25) is 0 Å². The second kappa shape index (κ2) is 17.6. The highest BCUT2D eigenvalue weighted by Gasteiger charge is 2.46. The molecule has 15 rings (SSSR count). The van der Waals surface area contributed by atoms with E-state index in [0.29, 0.717) is 0 Å². The number of nitrogens with zero attached hydrogens (tertiary/aromatic N) is 2. The standard InChI is InChI=1S/C73H50N2Si/c1-6-24-53(25-7-1)73(54-26-8-2-9-27-54)65-39-19-16-36-60(65)63-48-51(44-46-66(63)73)52-45-47-69-64(49-52)61-37-17-20-40-67(61)75(69)71-43-23-42-70-72(71)62-38-18-21-41-68(62)74(70)55-28-22-35-59(50-55)76(56-29-10-3-11-30-56,57-31-12-4-13-32-57)58-33-14-5-15-34-58/h1-50H. The number of hydrogen-bond donors (Lipinski definition) is 0. The van der Waals surface area contributed by atoms with E-state index in [2.05, 4.69) is 312 Å². The number of hydrogen-bond acceptors (Lipinski definition) is 0. The van der Waals surface area contributed by atoms with Crippen molar-refractivity contribution >= 4 is 72.4 Å². The molecule has 356 valence electrons. The lowest BCUT2D eigenvalue weighted by atomic mass is 9.67. The third-order valence-corrected chi connectivity index (χ3v) is 21.3. The summed E-state index contributed by atoms with van der Waals surface area (Å²) in [6.07, 6.45) is 0. The highest BCUT2D eigenvalue weighted by Crippen LogP contribution is 2.56. The minimum Gasteiger partial charge on any atom is -0.309 e. The molecular weight excluding hydrogens is 933 g/mol. The Morgan fingerprint density at radius 3 is 1.41 bits per heavy atom. The van der Waals surface area contributed by atoms with Crippen LogP contribution in [0.15, 0.2) is 303 Å². The molecule has 0 saturated heterocycles. The van der Waals surface area contributed by atoms with Crippen LogP contribution in [0.3, 0.4) is 0 Å². The first-order valence-electron chi connectivity index (χ1n) is 26.4. The van der Waals surface area contributed by atoms with Crippen molar-refractivity contribution in [1.82, 2.24) is 9.13 Å². The second-order valence-electron chi connectivity index (χ2n) is 20.3. The third-order valence-electron chi connectivity index (χ3n) is 16.5. The monoisotopic (exact) mass is 982 g/mol. The fourth-order valence-corrected chi connectivity index (χ4v) is 18.2. The van der Waals surface area contributed by atoms with E-state index < -0.39 is 13.5 Å². The third kappa shape index (κ3) is 6.40. The van der Waals surface area contributed by atoms with Crippen LogP contribution < -0.4 is 20.7 Å². The molecule has 0 aliphatic heterocycles. The van der Waals surface area contributed by atoms with Crippen LogP contribution in [0.25, 0.3) is 77.2 Å². The van der Waals surface area contributed by atoms with Crippen molar-refractivity contribution in [2.75, 3.05) is 0 Å². The van der Waals surface area contributed by atoms with Gasteiger partial charge in [-0.15, -0.1) is 0 Å². The van der Waals surface area contributed by atoms with E-state index in [1.807, 2.05) is 0 Å². The summed E-state index contributed by atoms with van der Waals surface area (Å²) in [6.45, 7) is 0. The molecule has 12 aromatic carbocycles. The Hall–Kier alpha value is -9.54. The zero-order chi connectivity index (χ0) is 50.2. The van der Waals surface area contributed by atoms with Crippen molar-refractivity contribution < 1.29 is 0 Å². The van der Waals surface area contributed by atoms with E-state index in [0.717, 1.165) is 11.4 Å². The van der Waals surface area contributed by atoms with Gasteiger partial charge < -0.3 is 9.13 Å². The Bertz CT molecular complexity index is 4360. The quantitative estimate of drug-likeness (QED) is 0.101. The summed E-state index contributed by atoms with van der Waals surface area (Å²) in [4.78, 5) is 0. The molecule has 0 atom stereocenters. The summed E-state index contributed by atoms with van der Waals surface area (Å²) >= 11 is 0. The summed E-state index contributed by atoms with van der Waals surface area (Å²) in [5.74, 6) is 0. The van der Waals surface area contributed by atoms with E-state index in [4.69, 9.17) is 0 Å². The van der Waals surface area contributed by atoms with Crippen LogP contribution in [-0.2, 0) is 5.41 Å². The molecule has 2 aromatic heterocycles. The fraction of sp³-hybridized carbons (Fsp3) is 0.0137. The number of aromatic nitrogens is 2. The molecule has 0 unspecified atom stereocenters. The van der Waals surface area contributed by atoms with Gasteiger partial charge in [-0.25, -0.2) is 0 Å². The van der Waals surface area contributed by atoms with E-state index >= 15 is 0 Å². The van der Waals surface area contributed by atoms with Gasteiger partial charge in [0.25, 0.3) is 0 Å². The van der Waals surface area contributed by atoms with Gasteiger partial charge in [0.15, 0.2) is 8.07 Å². The lowest BCUT2D eigenvalue weighted by Crippen LogP contribution is -2.74. The average Bonchev–Trinajstić information content (AvgIpc) is 4.28. The van der Waals surface area contributed by atoms with Gasteiger partial charge in [0.1, 0.15) is 0 Å². The van der Waals surface area contributed by atoms with E-state index in [9.17, 15) is 0 Å². The summed E-state index contributed by atoms with van der Waals surface area (Å²) in [5, 5.41) is 10.3. The fourth-order valence-electron chi connectivity index (χ4n) is 13.4. The van der Waals surface area contributed by atoms with Gasteiger partial charge in [-0.1, -0.05) is 249 Å². The van der Waals surface area contributed by atoms with Crippen molar-refractivity contribution in [3.05, 3.63) is 326 Å². The van der Waals surface area contributed by atoms with Gasteiger partial charge in [0.2, 0.25) is 0 Å².